The van der Waals surface area contributed by atoms with Crippen LogP contribution >= 0.6 is 0 Å². The zero-order valence-corrected chi connectivity index (χ0v) is 17.6. The Morgan fingerprint density at radius 2 is 1.91 bits per heavy atom. The van der Waals surface area contributed by atoms with Crippen molar-refractivity contribution < 1.29 is 36.6 Å². The van der Waals surface area contributed by atoms with Crippen LogP contribution in [0.1, 0.15) is 29.4 Å². The minimum atomic E-state index is -4.74. The largest absolute Gasteiger partial charge is 0.465 e. The number of carboxylic acid groups (broad SMARTS) is 1. The van der Waals surface area contributed by atoms with Gasteiger partial charge in [0, 0.05) is 30.9 Å². The highest BCUT2D eigenvalue weighted by atomic mass is 19.4. The summed E-state index contributed by atoms with van der Waals surface area (Å²) >= 11 is 0. The van der Waals surface area contributed by atoms with Crippen molar-refractivity contribution in [3.63, 3.8) is 0 Å². The van der Waals surface area contributed by atoms with E-state index < -0.39 is 41.9 Å². The van der Waals surface area contributed by atoms with Gasteiger partial charge in [-0.05, 0) is 31.0 Å². The number of aromatic nitrogens is 1. The Hall–Kier alpha value is -3.95. The highest BCUT2D eigenvalue weighted by Crippen LogP contribution is 2.38. The lowest BCUT2D eigenvalue weighted by atomic mass is 9.97. The van der Waals surface area contributed by atoms with Crippen LogP contribution in [0.15, 0.2) is 24.4 Å². The van der Waals surface area contributed by atoms with Crippen LogP contribution in [0.25, 0.3) is 11.1 Å². The minimum Gasteiger partial charge on any atom is -0.465 e. The third kappa shape index (κ3) is 5.33. The van der Waals surface area contributed by atoms with Crippen molar-refractivity contribution in [1.82, 2.24) is 15.6 Å². The summed E-state index contributed by atoms with van der Waals surface area (Å²) in [6.07, 6.45) is -4.87. The summed E-state index contributed by atoms with van der Waals surface area (Å²) in [5.74, 6) is -3.15. The molecule has 0 radical (unpaired) electrons. The van der Waals surface area contributed by atoms with Gasteiger partial charge in [-0.15, -0.1) is 0 Å². The third-order valence-corrected chi connectivity index (χ3v) is 5.22. The van der Waals surface area contributed by atoms with Crippen molar-refractivity contribution in [2.45, 2.75) is 31.6 Å². The van der Waals surface area contributed by atoms with E-state index in [9.17, 15) is 36.8 Å². The number of carbonyl (C=O) groups excluding carboxylic acids is 1. The van der Waals surface area contributed by atoms with E-state index in [0.717, 1.165) is 25.3 Å². The van der Waals surface area contributed by atoms with Crippen molar-refractivity contribution in [1.29, 1.82) is 5.26 Å². The predicted molar refractivity (Wildman–Crippen MR) is 109 cm³/mol. The maximum Gasteiger partial charge on any atom is 0.408 e. The van der Waals surface area contributed by atoms with E-state index >= 15 is 0 Å². The number of pyridine rings is 1. The van der Waals surface area contributed by atoms with Gasteiger partial charge in [-0.3, -0.25) is 4.79 Å². The Morgan fingerprint density at radius 1 is 1.26 bits per heavy atom. The van der Waals surface area contributed by atoms with Gasteiger partial charge in [0.2, 0.25) is 0 Å². The molecule has 1 aromatic heterocycles. The van der Waals surface area contributed by atoms with E-state index in [4.69, 9.17) is 5.11 Å². The van der Waals surface area contributed by atoms with E-state index in [-0.39, 0.29) is 47.6 Å². The Kier molecular flexibility index (Phi) is 6.90. The minimum absolute atomic E-state index is 0.0128. The second-order valence-electron chi connectivity index (χ2n) is 7.63. The molecule has 1 unspecified atom stereocenters. The lowest BCUT2D eigenvalue weighted by Crippen LogP contribution is -2.43. The van der Waals surface area contributed by atoms with Crippen LogP contribution in [-0.4, -0.2) is 53.4 Å². The monoisotopic (exact) mass is 483 g/mol. The van der Waals surface area contributed by atoms with Gasteiger partial charge >= 0.3 is 12.3 Å². The Morgan fingerprint density at radius 3 is 2.47 bits per heavy atom. The fourth-order valence-electron chi connectivity index (χ4n) is 3.66. The van der Waals surface area contributed by atoms with Crippen molar-refractivity contribution in [3.05, 3.63) is 47.3 Å². The first-order valence-corrected chi connectivity index (χ1v) is 9.92. The molecule has 2 heterocycles. The molecule has 0 bridgehead atoms. The maximum absolute atomic E-state index is 14.0. The molecular weight excluding hydrogens is 465 g/mol. The van der Waals surface area contributed by atoms with Gasteiger partial charge in [0.15, 0.2) is 0 Å². The van der Waals surface area contributed by atoms with Crippen LogP contribution in [-0.2, 0) is 0 Å². The smallest absolute Gasteiger partial charge is 0.408 e. The number of hydrogen-bond donors (Lipinski definition) is 3. The molecule has 0 saturated carbocycles. The summed E-state index contributed by atoms with van der Waals surface area (Å²) in [5, 5.41) is 22.7. The lowest BCUT2D eigenvalue weighted by molar-refractivity contribution is -0.149. The summed E-state index contributed by atoms with van der Waals surface area (Å²) in [6.45, 7) is 0.862. The number of nitriles is 1. The predicted octanol–water partition coefficient (Wildman–Crippen LogP) is 3.43. The first kappa shape index (κ1) is 24.7. The summed E-state index contributed by atoms with van der Waals surface area (Å²) in [5.41, 5.74) is -1.10. The zero-order valence-electron chi connectivity index (χ0n) is 17.6. The van der Waals surface area contributed by atoms with Gasteiger partial charge in [-0.2, -0.15) is 18.4 Å². The quantitative estimate of drug-likeness (QED) is 0.561. The van der Waals surface area contributed by atoms with Crippen molar-refractivity contribution in [2.75, 3.05) is 18.0 Å². The summed E-state index contributed by atoms with van der Waals surface area (Å²) in [7, 11) is 0. The molecule has 3 rings (SSSR count). The Bertz CT molecular complexity index is 1140. The molecule has 34 heavy (non-hydrogen) atoms. The number of alkyl halides is 3. The maximum atomic E-state index is 14.0. The fourth-order valence-corrected chi connectivity index (χ4v) is 3.66. The first-order chi connectivity index (χ1) is 15.9. The van der Waals surface area contributed by atoms with Crippen LogP contribution in [0.5, 0.6) is 0 Å². The Labute approximate surface area is 190 Å². The number of nitrogens with zero attached hydrogens (tertiary/aromatic N) is 3. The molecule has 1 saturated heterocycles. The van der Waals surface area contributed by atoms with E-state index in [2.05, 4.69) is 10.3 Å². The molecule has 13 heteroatoms. The second kappa shape index (κ2) is 9.50. The van der Waals surface area contributed by atoms with Gasteiger partial charge in [-0.25, -0.2) is 18.6 Å². The molecule has 1 aliphatic heterocycles. The van der Waals surface area contributed by atoms with E-state index in [0.29, 0.717) is 6.07 Å². The Balaban J connectivity index is 2.19. The van der Waals surface area contributed by atoms with Crippen molar-refractivity contribution in [3.8, 4) is 17.2 Å². The summed E-state index contributed by atoms with van der Waals surface area (Å²) < 4.78 is 67.0. The summed E-state index contributed by atoms with van der Waals surface area (Å²) in [6, 6.07) is 1.33. The second-order valence-corrected chi connectivity index (χ2v) is 7.63. The fraction of sp³-hybridized carbons (Fsp3) is 0.333. The van der Waals surface area contributed by atoms with Gasteiger partial charge in [0.05, 0.1) is 17.3 Å². The van der Waals surface area contributed by atoms with Crippen LogP contribution in [0.3, 0.4) is 0 Å². The number of amides is 2. The van der Waals surface area contributed by atoms with Crippen LogP contribution in [0.2, 0.25) is 0 Å². The number of nitrogens with one attached hydrogen (secondary N) is 2. The van der Waals surface area contributed by atoms with Gasteiger partial charge in [0.25, 0.3) is 5.91 Å². The molecule has 180 valence electrons. The number of hydrogen-bond acceptors (Lipinski definition) is 5. The molecule has 0 aliphatic carbocycles. The molecule has 2 aromatic rings. The highest BCUT2D eigenvalue weighted by Gasteiger charge is 2.38. The highest BCUT2D eigenvalue weighted by molar-refractivity contribution is 6.04. The molecule has 1 aromatic carbocycles. The van der Waals surface area contributed by atoms with Gasteiger partial charge in [-0.1, -0.05) is 0 Å². The van der Waals surface area contributed by atoms with Crippen molar-refractivity contribution in [2.24, 2.45) is 0 Å². The molecule has 1 fully saturated rings. The topological polar surface area (TPSA) is 118 Å². The number of carbonyl (C=O) groups is 2. The number of benzene rings is 1. The molecule has 2 amide bonds. The average molecular weight is 483 g/mol. The van der Waals surface area contributed by atoms with E-state index in [1.807, 2.05) is 5.32 Å². The third-order valence-electron chi connectivity index (χ3n) is 5.22. The van der Waals surface area contributed by atoms with Crippen LogP contribution in [0.4, 0.5) is 32.4 Å². The van der Waals surface area contributed by atoms with Gasteiger partial charge < -0.3 is 20.6 Å². The molecular formula is C21H18F5N5O3. The van der Waals surface area contributed by atoms with Crippen LogP contribution in [0, 0.1) is 23.0 Å². The lowest BCUT2D eigenvalue weighted by Gasteiger charge is -2.26. The van der Waals surface area contributed by atoms with Crippen LogP contribution < -0.4 is 15.5 Å². The standard InChI is InChI=1S/C21H18F5N5O3/c1-10(21(24,25)26)29-19(32)15-8-28-16(7-27)17(11-4-12(22)6-13(23)5-11)18(15)31-3-2-14(9-31)30-20(33)34/h4-6,8,10,14,30H,2-3,9H2,1H3,(H,29,32)(H,33,34)/t10?,14-/m0/s1. The number of halogens is 5. The van der Waals surface area contributed by atoms with E-state index in [1.54, 1.807) is 6.07 Å². The molecule has 8 nitrogen and oxygen atoms in total. The SMILES string of the molecule is CC(NC(=O)c1cnc(C#N)c(-c2cc(F)cc(F)c2)c1N1CC[C@H](NC(=O)O)C1)C(F)(F)F. The van der Waals surface area contributed by atoms with E-state index in [1.165, 1.54) is 4.90 Å². The average Bonchev–Trinajstić information content (AvgIpc) is 3.18. The van der Waals surface area contributed by atoms with Gasteiger partial charge in [0.1, 0.15) is 29.4 Å². The normalized spacial score (nSPS) is 16.6. The molecule has 0 spiro atoms. The first-order valence-electron chi connectivity index (χ1n) is 9.92. The molecule has 1 aliphatic rings. The summed E-state index contributed by atoms with van der Waals surface area (Å²) in [4.78, 5) is 29.2. The molecule has 3 N–H and O–H groups in total. The molecule has 2 atom stereocenters. The van der Waals surface area contributed by atoms with Crippen molar-refractivity contribution >= 4 is 17.7 Å². The number of anilines is 1. The zero-order chi connectivity index (χ0) is 25.2. The number of rotatable bonds is 5.